The minimum atomic E-state index is -0.0545. The van der Waals surface area contributed by atoms with Gasteiger partial charge in [0.15, 0.2) is 0 Å². The molecule has 1 aliphatic heterocycles. The van der Waals surface area contributed by atoms with Crippen molar-refractivity contribution >= 4 is 33.1 Å². The third-order valence-electron chi connectivity index (χ3n) is 5.21. The van der Waals surface area contributed by atoms with Gasteiger partial charge in [0.25, 0.3) is 0 Å². The third-order valence-corrected chi connectivity index (χ3v) is 6.23. The molecule has 0 radical (unpaired) electrons. The third kappa shape index (κ3) is 4.89. The predicted molar refractivity (Wildman–Crippen MR) is 120 cm³/mol. The molecule has 0 spiro atoms. The predicted octanol–water partition coefficient (Wildman–Crippen LogP) is 3.07. The number of piperazine rings is 1. The van der Waals surface area contributed by atoms with Gasteiger partial charge in [-0.25, -0.2) is 4.98 Å². The van der Waals surface area contributed by atoms with Crippen LogP contribution in [0.15, 0.2) is 42.5 Å². The molecule has 0 unspecified atom stereocenters. The van der Waals surface area contributed by atoms with E-state index in [4.69, 9.17) is 14.5 Å². The van der Waals surface area contributed by atoms with Gasteiger partial charge in [-0.2, -0.15) is 0 Å². The number of hydrogen-bond acceptors (Lipinski definition) is 7. The van der Waals surface area contributed by atoms with E-state index >= 15 is 0 Å². The number of aromatic nitrogens is 1. The second-order valence-electron chi connectivity index (χ2n) is 7.24. The number of carbonyl (C=O) groups excluding carboxylic acids is 1. The summed E-state index contributed by atoms with van der Waals surface area (Å²) in [7, 11) is 3.18. The highest BCUT2D eigenvalue weighted by molar-refractivity contribution is 7.18. The lowest BCUT2D eigenvalue weighted by atomic mass is 10.2. The van der Waals surface area contributed by atoms with Crippen LogP contribution in [0.4, 0.5) is 5.69 Å². The van der Waals surface area contributed by atoms with Gasteiger partial charge < -0.3 is 14.8 Å². The van der Waals surface area contributed by atoms with Crippen LogP contribution in [0, 0.1) is 0 Å². The molecule has 1 amide bonds. The number of anilines is 1. The Kier molecular flexibility index (Phi) is 6.47. The summed E-state index contributed by atoms with van der Waals surface area (Å²) >= 11 is 1.76. The fourth-order valence-corrected chi connectivity index (χ4v) is 4.60. The van der Waals surface area contributed by atoms with Gasteiger partial charge in [0.05, 0.1) is 43.2 Å². The zero-order valence-corrected chi connectivity index (χ0v) is 18.1. The molecule has 7 nitrogen and oxygen atoms in total. The van der Waals surface area contributed by atoms with Crippen LogP contribution in [-0.2, 0) is 11.3 Å². The first kappa shape index (κ1) is 20.6. The van der Waals surface area contributed by atoms with Gasteiger partial charge in [-0.3, -0.25) is 14.6 Å². The molecule has 1 aliphatic rings. The number of nitrogens with one attached hydrogen (secondary N) is 1. The van der Waals surface area contributed by atoms with Crippen LogP contribution in [-0.4, -0.2) is 67.6 Å². The van der Waals surface area contributed by atoms with E-state index in [2.05, 4.69) is 33.3 Å². The molecule has 1 fully saturated rings. The molecule has 8 heteroatoms. The topological polar surface area (TPSA) is 66.9 Å². The summed E-state index contributed by atoms with van der Waals surface area (Å²) in [5.74, 6) is 1.24. The number of nitrogens with zero attached hydrogens (tertiary/aromatic N) is 3. The molecule has 30 heavy (non-hydrogen) atoms. The highest BCUT2D eigenvalue weighted by Gasteiger charge is 2.20. The number of ether oxygens (including phenoxy) is 2. The van der Waals surface area contributed by atoms with Crippen LogP contribution in [0.25, 0.3) is 10.2 Å². The van der Waals surface area contributed by atoms with Crippen LogP contribution in [0.2, 0.25) is 0 Å². The van der Waals surface area contributed by atoms with Gasteiger partial charge in [-0.1, -0.05) is 12.1 Å². The van der Waals surface area contributed by atoms with Crippen LogP contribution in [0.1, 0.15) is 5.01 Å². The number of benzene rings is 2. The number of fused-ring (bicyclic) bond motifs is 1. The van der Waals surface area contributed by atoms with Crippen LogP contribution in [0.5, 0.6) is 11.5 Å². The summed E-state index contributed by atoms with van der Waals surface area (Å²) in [5, 5.41) is 4.09. The van der Waals surface area contributed by atoms with Crippen molar-refractivity contribution < 1.29 is 14.3 Å². The number of hydrogen-bond donors (Lipinski definition) is 1. The van der Waals surface area contributed by atoms with Crippen molar-refractivity contribution in [3.8, 4) is 11.5 Å². The van der Waals surface area contributed by atoms with Crippen molar-refractivity contribution in [3.63, 3.8) is 0 Å². The minimum absolute atomic E-state index is 0.0545. The van der Waals surface area contributed by atoms with E-state index in [-0.39, 0.29) is 5.91 Å². The van der Waals surface area contributed by atoms with Gasteiger partial charge in [-0.05, 0) is 24.3 Å². The molecule has 3 aromatic rings. The average molecular weight is 427 g/mol. The van der Waals surface area contributed by atoms with E-state index in [1.165, 1.54) is 4.70 Å². The first-order valence-corrected chi connectivity index (χ1v) is 10.8. The quantitative estimate of drug-likeness (QED) is 0.626. The van der Waals surface area contributed by atoms with E-state index in [1.807, 2.05) is 6.07 Å². The Balaban J connectivity index is 1.28. The maximum Gasteiger partial charge on any atom is 0.238 e. The van der Waals surface area contributed by atoms with E-state index in [0.29, 0.717) is 23.7 Å². The van der Waals surface area contributed by atoms with Gasteiger partial charge in [0.2, 0.25) is 5.91 Å². The van der Waals surface area contributed by atoms with Gasteiger partial charge in [0, 0.05) is 32.2 Å². The Labute approximate surface area is 180 Å². The summed E-state index contributed by atoms with van der Waals surface area (Å²) in [4.78, 5) is 21.9. The average Bonchev–Trinajstić information content (AvgIpc) is 3.17. The summed E-state index contributed by atoms with van der Waals surface area (Å²) in [6, 6.07) is 13.6. The Morgan fingerprint density at radius 3 is 2.57 bits per heavy atom. The molecule has 158 valence electrons. The second kappa shape index (κ2) is 9.42. The minimum Gasteiger partial charge on any atom is -0.497 e. The summed E-state index contributed by atoms with van der Waals surface area (Å²) in [6.45, 7) is 4.77. The molecular weight excluding hydrogens is 400 g/mol. The SMILES string of the molecule is COc1ccc(OC)c(NC(=O)CN2CCN(Cc3nc4ccccc4s3)CC2)c1. The largest absolute Gasteiger partial charge is 0.497 e. The zero-order chi connectivity index (χ0) is 20.9. The number of amides is 1. The van der Waals surface area contributed by atoms with Gasteiger partial charge in [0.1, 0.15) is 16.5 Å². The first-order chi connectivity index (χ1) is 14.6. The number of para-hydroxylation sites is 1. The first-order valence-electron chi connectivity index (χ1n) is 9.95. The fourth-order valence-electron chi connectivity index (χ4n) is 3.59. The summed E-state index contributed by atoms with van der Waals surface area (Å²) < 4.78 is 11.8. The van der Waals surface area contributed by atoms with Crippen molar-refractivity contribution in [2.45, 2.75) is 6.54 Å². The van der Waals surface area contributed by atoms with Crippen LogP contribution < -0.4 is 14.8 Å². The van der Waals surface area contributed by atoms with Crippen molar-refractivity contribution in [3.05, 3.63) is 47.5 Å². The van der Waals surface area contributed by atoms with E-state index in [0.717, 1.165) is 43.2 Å². The molecule has 1 aromatic heterocycles. The van der Waals surface area contributed by atoms with Crippen molar-refractivity contribution in [2.24, 2.45) is 0 Å². The van der Waals surface area contributed by atoms with Crippen LogP contribution >= 0.6 is 11.3 Å². The molecule has 0 bridgehead atoms. The fraction of sp³-hybridized carbons (Fsp3) is 0.364. The molecule has 0 saturated carbocycles. The maximum absolute atomic E-state index is 12.5. The van der Waals surface area contributed by atoms with Gasteiger partial charge >= 0.3 is 0 Å². The number of methoxy groups -OCH3 is 2. The van der Waals surface area contributed by atoms with E-state index in [1.54, 1.807) is 43.8 Å². The van der Waals surface area contributed by atoms with Crippen molar-refractivity contribution in [1.82, 2.24) is 14.8 Å². The molecule has 2 heterocycles. The molecule has 1 N–H and O–H groups in total. The van der Waals surface area contributed by atoms with Crippen molar-refractivity contribution in [1.29, 1.82) is 0 Å². The monoisotopic (exact) mass is 426 g/mol. The molecule has 2 aromatic carbocycles. The highest BCUT2D eigenvalue weighted by atomic mass is 32.1. The Morgan fingerprint density at radius 2 is 1.83 bits per heavy atom. The Bertz CT molecular complexity index is 982. The lowest BCUT2D eigenvalue weighted by Crippen LogP contribution is -2.48. The molecule has 0 aliphatic carbocycles. The molecule has 1 saturated heterocycles. The standard InChI is InChI=1S/C22H26N4O3S/c1-28-16-7-8-19(29-2)18(13-16)23-21(27)14-25-9-11-26(12-10-25)15-22-24-17-5-3-4-6-20(17)30-22/h3-8,13H,9-12,14-15H2,1-2H3,(H,23,27). The van der Waals surface area contributed by atoms with E-state index in [9.17, 15) is 4.79 Å². The smallest absolute Gasteiger partial charge is 0.238 e. The molecule has 0 atom stereocenters. The Morgan fingerprint density at radius 1 is 1.07 bits per heavy atom. The second-order valence-corrected chi connectivity index (χ2v) is 8.36. The molecule has 4 rings (SSSR count). The normalized spacial score (nSPS) is 15.3. The Hall–Kier alpha value is -2.68. The van der Waals surface area contributed by atoms with Gasteiger partial charge in [-0.15, -0.1) is 11.3 Å². The highest BCUT2D eigenvalue weighted by Crippen LogP contribution is 2.29. The molecular formula is C22H26N4O3S. The number of thiazole rings is 1. The zero-order valence-electron chi connectivity index (χ0n) is 17.3. The van der Waals surface area contributed by atoms with Crippen molar-refractivity contribution in [2.75, 3.05) is 52.3 Å². The number of rotatable bonds is 7. The lowest BCUT2D eigenvalue weighted by molar-refractivity contribution is -0.117. The lowest BCUT2D eigenvalue weighted by Gasteiger charge is -2.33. The van der Waals surface area contributed by atoms with E-state index < -0.39 is 0 Å². The maximum atomic E-state index is 12.5. The van der Waals surface area contributed by atoms with Crippen LogP contribution in [0.3, 0.4) is 0 Å². The summed E-state index contributed by atoms with van der Waals surface area (Å²) in [6.07, 6.45) is 0. The number of carbonyl (C=O) groups is 1. The summed E-state index contributed by atoms with van der Waals surface area (Å²) in [5.41, 5.74) is 1.69.